The summed E-state index contributed by atoms with van der Waals surface area (Å²) in [5, 5.41) is 8.69. The zero-order chi connectivity index (χ0) is 15.7. The van der Waals surface area contributed by atoms with E-state index in [4.69, 9.17) is 10.8 Å². The third-order valence-corrected chi connectivity index (χ3v) is 4.15. The molecule has 0 saturated carbocycles. The number of aliphatic hydroxyl groups is 1. The second-order valence-corrected chi connectivity index (χ2v) is 6.31. The molecule has 20 heavy (non-hydrogen) atoms. The number of hydrogen-bond donors (Lipinski definition) is 3. The maximum absolute atomic E-state index is 13.6. The number of anilines is 1. The first kappa shape index (κ1) is 17.1. The van der Waals surface area contributed by atoms with Gasteiger partial charge < -0.3 is 10.8 Å². The molecule has 1 atom stereocenters. The van der Waals surface area contributed by atoms with Gasteiger partial charge in [-0.15, -0.1) is 0 Å². The van der Waals surface area contributed by atoms with Gasteiger partial charge in [-0.3, -0.25) is 0 Å². The molecule has 0 saturated heterocycles. The molecule has 1 aromatic carbocycles. The van der Waals surface area contributed by atoms with Gasteiger partial charge in [-0.1, -0.05) is 0 Å². The van der Waals surface area contributed by atoms with Gasteiger partial charge in [0.2, 0.25) is 10.0 Å². The summed E-state index contributed by atoms with van der Waals surface area (Å²) in [6, 6.07) is 1.85. The Bertz CT molecular complexity index is 606. The maximum Gasteiger partial charge on any atom is 0.415 e. The second kappa shape index (κ2) is 5.84. The van der Waals surface area contributed by atoms with Crippen molar-refractivity contribution in [3.05, 3.63) is 22.4 Å². The number of hydrogen-bond acceptors (Lipinski definition) is 4. The molecule has 0 radical (unpaired) electrons. The van der Waals surface area contributed by atoms with Crippen LogP contribution in [0.5, 0.6) is 0 Å². The first-order valence-electron chi connectivity index (χ1n) is 4.94. The lowest BCUT2D eigenvalue weighted by Gasteiger charge is -2.15. The minimum atomic E-state index is -4.99. The molecule has 4 N–H and O–H groups in total. The zero-order valence-corrected chi connectivity index (χ0v) is 12.0. The fourth-order valence-corrected chi connectivity index (χ4v) is 2.94. The molecule has 0 aliphatic heterocycles. The van der Waals surface area contributed by atoms with Crippen LogP contribution in [0.25, 0.3) is 0 Å². The molecule has 1 aromatic rings. The van der Waals surface area contributed by atoms with Crippen LogP contribution in [0, 0.1) is 5.82 Å². The summed E-state index contributed by atoms with van der Waals surface area (Å²) >= 11 is 2.72. The summed E-state index contributed by atoms with van der Waals surface area (Å²) in [7, 11) is -4.59. The van der Waals surface area contributed by atoms with E-state index in [0.29, 0.717) is 0 Å². The van der Waals surface area contributed by atoms with E-state index in [1.54, 1.807) is 0 Å². The van der Waals surface area contributed by atoms with Crippen molar-refractivity contribution in [2.75, 3.05) is 12.3 Å². The van der Waals surface area contributed by atoms with Crippen molar-refractivity contribution in [1.29, 1.82) is 0 Å². The highest BCUT2D eigenvalue weighted by Gasteiger charge is 2.39. The van der Waals surface area contributed by atoms with Gasteiger partial charge in [0.05, 0.1) is 4.47 Å². The van der Waals surface area contributed by atoms with E-state index < -0.39 is 39.6 Å². The predicted octanol–water partition coefficient (Wildman–Crippen LogP) is 1.37. The third-order valence-electron chi connectivity index (χ3n) is 2.15. The molecule has 114 valence electrons. The Kier molecular flexibility index (Phi) is 5.00. The summed E-state index contributed by atoms with van der Waals surface area (Å²) < 4.78 is 74.3. The van der Waals surface area contributed by atoms with Crippen LogP contribution in [0.1, 0.15) is 0 Å². The average Bonchev–Trinajstić information content (AvgIpc) is 2.29. The van der Waals surface area contributed by atoms with Crippen molar-refractivity contribution in [3.63, 3.8) is 0 Å². The highest BCUT2D eigenvalue weighted by atomic mass is 79.9. The van der Waals surface area contributed by atoms with Gasteiger partial charge in [-0.2, -0.15) is 13.2 Å². The number of nitrogen functional groups attached to an aromatic ring is 1. The van der Waals surface area contributed by atoms with Gasteiger partial charge in [0.1, 0.15) is 4.90 Å². The summed E-state index contributed by atoms with van der Waals surface area (Å²) in [6.07, 6.45) is -7.89. The Labute approximate surface area is 120 Å². The number of halogens is 5. The molecular formula is C9H9BrF4N2O3S. The molecule has 5 nitrogen and oxygen atoms in total. The standard InChI is InChI=1S/C9H9BrF4N2O3S/c10-5-1-4(15)2-6(8(5)11)20(18,19)16-3-7(17)9(12,13)14/h1-2,7,16-17H,3,15H2. The molecule has 0 aliphatic carbocycles. The molecule has 11 heteroatoms. The minimum Gasteiger partial charge on any atom is -0.399 e. The van der Waals surface area contributed by atoms with Gasteiger partial charge in [0, 0.05) is 12.2 Å². The smallest absolute Gasteiger partial charge is 0.399 e. The molecule has 0 aliphatic rings. The van der Waals surface area contributed by atoms with Crippen LogP contribution in [-0.4, -0.2) is 32.3 Å². The lowest BCUT2D eigenvalue weighted by Crippen LogP contribution is -2.40. The summed E-state index contributed by atoms with van der Waals surface area (Å²) in [5.74, 6) is -1.20. The highest BCUT2D eigenvalue weighted by molar-refractivity contribution is 9.10. The number of nitrogens with two attached hydrogens (primary N) is 1. The molecule has 0 bridgehead atoms. The van der Waals surface area contributed by atoms with Crippen molar-refractivity contribution >= 4 is 31.6 Å². The van der Waals surface area contributed by atoms with E-state index >= 15 is 0 Å². The largest absolute Gasteiger partial charge is 0.415 e. The molecule has 0 heterocycles. The number of alkyl halides is 3. The van der Waals surface area contributed by atoms with E-state index in [1.807, 2.05) is 0 Å². The summed E-state index contributed by atoms with van der Waals surface area (Å²) in [4.78, 5) is -0.918. The Morgan fingerprint density at radius 2 is 1.95 bits per heavy atom. The topological polar surface area (TPSA) is 92.4 Å². The highest BCUT2D eigenvalue weighted by Crippen LogP contribution is 2.26. The normalized spacial score (nSPS) is 14.3. The van der Waals surface area contributed by atoms with Crippen molar-refractivity contribution < 1.29 is 31.1 Å². The van der Waals surface area contributed by atoms with Gasteiger partial charge in [-0.25, -0.2) is 17.5 Å². The Hall–Kier alpha value is -0.910. The fourth-order valence-electron chi connectivity index (χ4n) is 1.16. The summed E-state index contributed by atoms with van der Waals surface area (Å²) in [5.41, 5.74) is 5.23. The maximum atomic E-state index is 13.6. The molecule has 1 rings (SSSR count). The van der Waals surface area contributed by atoms with E-state index in [0.717, 1.165) is 12.1 Å². The Balaban J connectivity index is 3.02. The van der Waals surface area contributed by atoms with Crippen molar-refractivity contribution in [2.45, 2.75) is 17.2 Å². The quantitative estimate of drug-likeness (QED) is 0.543. The molecule has 1 unspecified atom stereocenters. The van der Waals surface area contributed by atoms with Gasteiger partial charge >= 0.3 is 6.18 Å². The van der Waals surface area contributed by atoms with Crippen LogP contribution in [0.15, 0.2) is 21.5 Å². The Morgan fingerprint density at radius 3 is 2.45 bits per heavy atom. The molecule has 0 spiro atoms. The molecule has 0 amide bonds. The van der Waals surface area contributed by atoms with Crippen LogP contribution < -0.4 is 10.5 Å². The first-order chi connectivity index (χ1) is 8.95. The van der Waals surface area contributed by atoms with Crippen molar-refractivity contribution in [2.24, 2.45) is 0 Å². The minimum absolute atomic E-state index is 0.102. The monoisotopic (exact) mass is 380 g/mol. The first-order valence-corrected chi connectivity index (χ1v) is 7.21. The number of sulfonamides is 1. The number of nitrogens with one attached hydrogen (secondary N) is 1. The van der Waals surface area contributed by atoms with Crippen LogP contribution in [-0.2, 0) is 10.0 Å². The second-order valence-electron chi connectivity index (χ2n) is 3.72. The van der Waals surface area contributed by atoms with E-state index in [-0.39, 0.29) is 10.2 Å². The lowest BCUT2D eigenvalue weighted by atomic mass is 10.3. The van der Waals surface area contributed by atoms with Crippen molar-refractivity contribution in [3.8, 4) is 0 Å². The number of benzene rings is 1. The zero-order valence-electron chi connectivity index (χ0n) is 9.58. The van der Waals surface area contributed by atoms with Crippen LogP contribution in [0.3, 0.4) is 0 Å². The van der Waals surface area contributed by atoms with E-state index in [9.17, 15) is 26.0 Å². The summed E-state index contributed by atoms with van der Waals surface area (Å²) in [6.45, 7) is -1.34. The van der Waals surface area contributed by atoms with E-state index in [1.165, 1.54) is 4.72 Å². The van der Waals surface area contributed by atoms with Gasteiger partial charge in [0.25, 0.3) is 0 Å². The Morgan fingerprint density at radius 1 is 1.40 bits per heavy atom. The molecule has 0 fully saturated rings. The van der Waals surface area contributed by atoms with Gasteiger partial charge in [0.15, 0.2) is 11.9 Å². The number of rotatable bonds is 4. The van der Waals surface area contributed by atoms with Gasteiger partial charge in [-0.05, 0) is 28.1 Å². The van der Waals surface area contributed by atoms with Crippen molar-refractivity contribution in [1.82, 2.24) is 4.72 Å². The van der Waals surface area contributed by atoms with Crippen LogP contribution >= 0.6 is 15.9 Å². The molecule has 0 aromatic heterocycles. The fraction of sp³-hybridized carbons (Fsp3) is 0.333. The number of aliphatic hydroxyl groups excluding tert-OH is 1. The van der Waals surface area contributed by atoms with Crippen LogP contribution in [0.2, 0.25) is 0 Å². The third kappa shape index (κ3) is 4.04. The SMILES string of the molecule is Nc1cc(Br)c(F)c(S(=O)(=O)NCC(O)C(F)(F)F)c1. The lowest BCUT2D eigenvalue weighted by molar-refractivity contribution is -0.200. The van der Waals surface area contributed by atoms with Crippen LogP contribution in [0.4, 0.5) is 23.2 Å². The molecular weight excluding hydrogens is 372 g/mol. The average molecular weight is 381 g/mol. The van der Waals surface area contributed by atoms with E-state index in [2.05, 4.69) is 15.9 Å². The predicted molar refractivity (Wildman–Crippen MR) is 65.8 cm³/mol.